The standard InChI is InChI=1S/C14H18ClNO2S/c1-3-4-7-10-16-11(2)14(19(15,17)18)12-8-5-6-9-13(12)16/h5-6,8-9H,3-4,7,10H2,1-2H3. The number of aryl methyl sites for hydroxylation is 1. The van der Waals surface area contributed by atoms with Crippen molar-refractivity contribution in [2.75, 3.05) is 0 Å². The van der Waals surface area contributed by atoms with Crippen molar-refractivity contribution in [3.63, 3.8) is 0 Å². The number of rotatable bonds is 5. The van der Waals surface area contributed by atoms with Gasteiger partial charge in [-0.3, -0.25) is 0 Å². The monoisotopic (exact) mass is 299 g/mol. The molecule has 2 aromatic rings. The number of halogens is 1. The topological polar surface area (TPSA) is 39.1 Å². The average Bonchev–Trinajstić information content (AvgIpc) is 2.62. The largest absolute Gasteiger partial charge is 0.343 e. The molecule has 1 heterocycles. The van der Waals surface area contributed by atoms with Gasteiger partial charge in [0.1, 0.15) is 4.90 Å². The lowest BCUT2D eigenvalue weighted by Gasteiger charge is -2.07. The molecule has 19 heavy (non-hydrogen) atoms. The normalized spacial score (nSPS) is 12.2. The van der Waals surface area contributed by atoms with Gasteiger partial charge >= 0.3 is 0 Å². The number of hydrogen-bond donors (Lipinski definition) is 0. The van der Waals surface area contributed by atoms with Gasteiger partial charge in [-0.25, -0.2) is 8.42 Å². The molecule has 0 radical (unpaired) electrons. The lowest BCUT2D eigenvalue weighted by molar-refractivity contribution is 0.596. The third kappa shape index (κ3) is 2.79. The number of hydrogen-bond acceptors (Lipinski definition) is 2. The zero-order chi connectivity index (χ0) is 14.0. The lowest BCUT2D eigenvalue weighted by atomic mass is 10.2. The Labute approximate surface area is 118 Å². The first-order valence-electron chi connectivity index (χ1n) is 6.49. The molecular formula is C14H18ClNO2S. The molecule has 2 rings (SSSR count). The smallest absolute Gasteiger partial charge is 0.263 e. The van der Waals surface area contributed by atoms with Gasteiger partial charge in [-0.2, -0.15) is 0 Å². The highest BCUT2D eigenvalue weighted by atomic mass is 35.7. The van der Waals surface area contributed by atoms with Crippen LogP contribution in [-0.2, 0) is 15.6 Å². The first-order chi connectivity index (χ1) is 8.96. The van der Waals surface area contributed by atoms with Crippen molar-refractivity contribution < 1.29 is 8.42 Å². The van der Waals surface area contributed by atoms with E-state index in [1.165, 1.54) is 0 Å². The minimum absolute atomic E-state index is 0.251. The summed E-state index contributed by atoms with van der Waals surface area (Å²) in [5, 5.41) is 0.714. The highest BCUT2D eigenvalue weighted by molar-refractivity contribution is 8.14. The molecule has 0 aliphatic carbocycles. The zero-order valence-electron chi connectivity index (χ0n) is 11.2. The van der Waals surface area contributed by atoms with Gasteiger partial charge in [-0.15, -0.1) is 0 Å². The second kappa shape index (κ2) is 5.55. The molecule has 5 heteroatoms. The molecule has 0 amide bonds. The van der Waals surface area contributed by atoms with Gasteiger partial charge in [-0.1, -0.05) is 38.0 Å². The minimum atomic E-state index is -3.72. The molecule has 0 fully saturated rings. The van der Waals surface area contributed by atoms with Crippen molar-refractivity contribution in [3.05, 3.63) is 30.0 Å². The average molecular weight is 300 g/mol. The highest BCUT2D eigenvalue weighted by Crippen LogP contribution is 2.32. The van der Waals surface area contributed by atoms with Crippen LogP contribution in [0.2, 0.25) is 0 Å². The van der Waals surface area contributed by atoms with Gasteiger partial charge < -0.3 is 4.57 Å². The van der Waals surface area contributed by atoms with Crippen LogP contribution in [0.1, 0.15) is 31.9 Å². The Morgan fingerprint density at radius 1 is 1.21 bits per heavy atom. The number of unbranched alkanes of at least 4 members (excludes halogenated alkanes) is 2. The van der Waals surface area contributed by atoms with Crippen molar-refractivity contribution in [2.24, 2.45) is 0 Å². The number of nitrogens with zero attached hydrogens (tertiary/aromatic N) is 1. The zero-order valence-corrected chi connectivity index (χ0v) is 12.8. The quantitative estimate of drug-likeness (QED) is 0.617. The Hall–Kier alpha value is -1.00. The maximum absolute atomic E-state index is 11.8. The summed E-state index contributed by atoms with van der Waals surface area (Å²) in [7, 11) is 1.86. The van der Waals surface area contributed by atoms with Crippen LogP contribution in [0.4, 0.5) is 0 Å². The summed E-state index contributed by atoms with van der Waals surface area (Å²) in [5.74, 6) is 0. The number of fused-ring (bicyclic) bond motifs is 1. The lowest BCUT2D eigenvalue weighted by Crippen LogP contribution is -2.01. The fourth-order valence-corrected chi connectivity index (χ4v) is 4.00. The fourth-order valence-electron chi connectivity index (χ4n) is 2.52. The van der Waals surface area contributed by atoms with Crippen molar-refractivity contribution in [1.82, 2.24) is 4.57 Å². The molecular weight excluding hydrogens is 282 g/mol. The minimum Gasteiger partial charge on any atom is -0.343 e. The first kappa shape index (κ1) is 14.4. The second-order valence-electron chi connectivity index (χ2n) is 4.73. The summed E-state index contributed by atoms with van der Waals surface area (Å²) >= 11 is 0. The van der Waals surface area contributed by atoms with Crippen LogP contribution in [-0.4, -0.2) is 13.0 Å². The van der Waals surface area contributed by atoms with E-state index in [2.05, 4.69) is 11.5 Å². The molecule has 0 unspecified atom stereocenters. The van der Waals surface area contributed by atoms with E-state index in [0.717, 1.165) is 37.0 Å². The number of aromatic nitrogens is 1. The molecule has 1 aromatic heterocycles. The molecule has 0 saturated carbocycles. The van der Waals surface area contributed by atoms with Gasteiger partial charge in [-0.05, 0) is 19.4 Å². The molecule has 0 atom stereocenters. The molecule has 104 valence electrons. The van der Waals surface area contributed by atoms with Crippen LogP contribution in [0.15, 0.2) is 29.2 Å². The Morgan fingerprint density at radius 3 is 2.53 bits per heavy atom. The van der Waals surface area contributed by atoms with Crippen molar-refractivity contribution in [1.29, 1.82) is 0 Å². The molecule has 0 aliphatic heterocycles. The Kier molecular flexibility index (Phi) is 4.21. The maximum Gasteiger partial charge on any atom is 0.263 e. The number of benzene rings is 1. The predicted molar refractivity (Wildman–Crippen MR) is 79.2 cm³/mol. The molecule has 3 nitrogen and oxygen atoms in total. The third-order valence-electron chi connectivity index (χ3n) is 3.40. The molecule has 0 N–H and O–H groups in total. The van der Waals surface area contributed by atoms with E-state index in [9.17, 15) is 8.42 Å². The van der Waals surface area contributed by atoms with E-state index in [4.69, 9.17) is 10.7 Å². The van der Waals surface area contributed by atoms with Gasteiger partial charge in [0, 0.05) is 33.8 Å². The molecule has 0 spiro atoms. The highest BCUT2D eigenvalue weighted by Gasteiger charge is 2.22. The SMILES string of the molecule is CCCCCn1c(C)c(S(=O)(=O)Cl)c2ccccc21. The first-order valence-corrected chi connectivity index (χ1v) is 8.80. The summed E-state index contributed by atoms with van der Waals surface area (Å²) in [6.45, 7) is 4.79. The summed E-state index contributed by atoms with van der Waals surface area (Å²) in [6, 6.07) is 7.51. The third-order valence-corrected chi connectivity index (χ3v) is 4.87. The molecule has 0 aliphatic rings. The number of para-hydroxylation sites is 1. The van der Waals surface area contributed by atoms with Crippen LogP contribution in [0.25, 0.3) is 10.9 Å². The predicted octanol–water partition coefficient (Wildman–Crippen LogP) is 4.07. The van der Waals surface area contributed by atoms with Crippen LogP contribution in [0.3, 0.4) is 0 Å². The molecule has 0 bridgehead atoms. The van der Waals surface area contributed by atoms with E-state index in [1.807, 2.05) is 31.2 Å². The summed E-state index contributed by atoms with van der Waals surface area (Å²) < 4.78 is 25.6. The van der Waals surface area contributed by atoms with Crippen molar-refractivity contribution in [3.8, 4) is 0 Å². The summed E-state index contributed by atoms with van der Waals surface area (Å²) in [4.78, 5) is 0.251. The van der Waals surface area contributed by atoms with E-state index in [-0.39, 0.29) is 4.90 Å². The Morgan fingerprint density at radius 2 is 1.89 bits per heavy atom. The van der Waals surface area contributed by atoms with Gasteiger partial charge in [0.15, 0.2) is 0 Å². The fraction of sp³-hybridized carbons (Fsp3) is 0.429. The van der Waals surface area contributed by atoms with Crippen molar-refractivity contribution in [2.45, 2.75) is 44.6 Å². The van der Waals surface area contributed by atoms with E-state index in [1.54, 1.807) is 0 Å². The Bertz CT molecular complexity index is 689. The van der Waals surface area contributed by atoms with Crippen LogP contribution >= 0.6 is 10.7 Å². The van der Waals surface area contributed by atoms with Crippen LogP contribution in [0, 0.1) is 6.92 Å². The van der Waals surface area contributed by atoms with Crippen molar-refractivity contribution >= 4 is 30.6 Å². The van der Waals surface area contributed by atoms with Gasteiger partial charge in [0.2, 0.25) is 0 Å². The second-order valence-corrected chi connectivity index (χ2v) is 7.23. The summed E-state index contributed by atoms with van der Waals surface area (Å²) in [6.07, 6.45) is 3.31. The van der Waals surface area contributed by atoms with E-state index >= 15 is 0 Å². The molecule has 1 aromatic carbocycles. The van der Waals surface area contributed by atoms with Crippen LogP contribution in [0.5, 0.6) is 0 Å². The van der Waals surface area contributed by atoms with E-state index in [0.29, 0.717) is 5.39 Å². The maximum atomic E-state index is 11.8. The van der Waals surface area contributed by atoms with Gasteiger partial charge in [0.25, 0.3) is 9.05 Å². The Balaban J connectivity index is 2.61. The van der Waals surface area contributed by atoms with E-state index < -0.39 is 9.05 Å². The summed E-state index contributed by atoms with van der Waals surface area (Å²) in [5.41, 5.74) is 1.67. The molecule has 0 saturated heterocycles. The van der Waals surface area contributed by atoms with Crippen LogP contribution < -0.4 is 0 Å². The van der Waals surface area contributed by atoms with Gasteiger partial charge in [0.05, 0.1) is 0 Å².